The van der Waals surface area contributed by atoms with Crippen LogP contribution in [-0.2, 0) is 9.53 Å². The summed E-state index contributed by atoms with van der Waals surface area (Å²) in [7, 11) is 0. The lowest BCUT2D eigenvalue weighted by molar-refractivity contribution is -0.263. The molecule has 0 radical (unpaired) electrons. The molecular weight excluding hydrogens is 336 g/mol. The number of hydrogen-bond donors (Lipinski definition) is 3. The Morgan fingerprint density at radius 1 is 1.31 bits per heavy atom. The summed E-state index contributed by atoms with van der Waals surface area (Å²) in [6.45, 7) is 3.93. The van der Waals surface area contributed by atoms with Crippen molar-refractivity contribution in [2.24, 2.45) is 28.6 Å². The van der Waals surface area contributed by atoms with Crippen molar-refractivity contribution < 1.29 is 29.6 Å². The van der Waals surface area contributed by atoms with Gasteiger partial charge in [-0.15, -0.1) is 0 Å². The lowest BCUT2D eigenvalue weighted by Gasteiger charge is -2.59. The quantitative estimate of drug-likeness (QED) is 0.489. The van der Waals surface area contributed by atoms with Crippen LogP contribution in [0.5, 0.6) is 0 Å². The minimum Gasteiger partial charge on any atom is -0.450 e. The molecule has 4 aliphatic carbocycles. The Hall–Kier alpha value is -1.66. The van der Waals surface area contributed by atoms with E-state index < -0.39 is 23.5 Å². The number of carbonyl (C=O) groups is 2. The second-order valence-electron chi connectivity index (χ2n) is 8.90. The molecule has 0 aliphatic heterocycles. The van der Waals surface area contributed by atoms with E-state index in [2.05, 4.69) is 6.92 Å². The monoisotopic (exact) mass is 362 g/mol. The molecule has 4 aliphatic rings. The molecule has 0 heterocycles. The maximum absolute atomic E-state index is 11.8. The van der Waals surface area contributed by atoms with Gasteiger partial charge in [-0.25, -0.2) is 4.79 Å². The molecule has 0 aromatic heterocycles. The van der Waals surface area contributed by atoms with Crippen LogP contribution < -0.4 is 0 Å². The zero-order valence-corrected chi connectivity index (χ0v) is 15.1. The molecule has 0 spiro atoms. The van der Waals surface area contributed by atoms with E-state index in [1.54, 1.807) is 12.2 Å². The summed E-state index contributed by atoms with van der Waals surface area (Å²) >= 11 is 0. The van der Waals surface area contributed by atoms with Crippen LogP contribution in [0.1, 0.15) is 46.0 Å². The van der Waals surface area contributed by atoms with Crippen LogP contribution in [0.4, 0.5) is 4.79 Å². The number of carbonyl (C=O) groups excluding carboxylic acids is 1. The zero-order valence-electron chi connectivity index (χ0n) is 15.1. The van der Waals surface area contributed by atoms with Crippen molar-refractivity contribution in [3.63, 3.8) is 0 Å². The first-order valence-electron chi connectivity index (χ1n) is 9.37. The van der Waals surface area contributed by atoms with Gasteiger partial charge in [0.2, 0.25) is 5.79 Å². The predicted molar refractivity (Wildman–Crippen MR) is 92.1 cm³/mol. The summed E-state index contributed by atoms with van der Waals surface area (Å²) in [6.07, 6.45) is 5.86. The van der Waals surface area contributed by atoms with E-state index in [-0.39, 0.29) is 41.8 Å². The Labute approximate surface area is 152 Å². The fraction of sp³-hybridized carbons (Fsp3) is 0.700. The standard InChI is InChI=1S/C20H26O6/c1-18-7-5-12(21)9-11(18)3-4-13-14-6-8-20(25,26-17(23)24)19(14,2)10-15(22)16(13)18/h5,7,9,13-16,22,25H,3-4,6,8,10H2,1-2H3,(H,23,24)/t13-,14-,15-,16+,18-,19-,20-/m0/s1. The van der Waals surface area contributed by atoms with E-state index >= 15 is 0 Å². The van der Waals surface area contributed by atoms with E-state index in [0.29, 0.717) is 6.42 Å². The Morgan fingerprint density at radius 2 is 2.04 bits per heavy atom. The fourth-order valence-corrected chi connectivity index (χ4v) is 6.60. The fourth-order valence-electron chi connectivity index (χ4n) is 6.60. The highest BCUT2D eigenvalue weighted by Crippen LogP contribution is 2.67. The van der Waals surface area contributed by atoms with Crippen molar-refractivity contribution >= 4 is 11.9 Å². The van der Waals surface area contributed by atoms with Crippen LogP contribution in [0.3, 0.4) is 0 Å². The molecule has 0 unspecified atom stereocenters. The van der Waals surface area contributed by atoms with Gasteiger partial charge in [-0.1, -0.05) is 25.5 Å². The second kappa shape index (κ2) is 5.42. The number of ketones is 1. The number of aliphatic hydroxyl groups is 2. The van der Waals surface area contributed by atoms with Crippen molar-refractivity contribution in [1.82, 2.24) is 0 Å². The van der Waals surface area contributed by atoms with Crippen LogP contribution in [0.2, 0.25) is 0 Å². The van der Waals surface area contributed by atoms with Gasteiger partial charge < -0.3 is 20.1 Å². The third kappa shape index (κ3) is 2.18. The van der Waals surface area contributed by atoms with Crippen molar-refractivity contribution in [2.45, 2.75) is 57.8 Å². The third-order valence-corrected chi connectivity index (χ3v) is 7.83. The molecule has 0 saturated heterocycles. The Kier molecular flexibility index (Phi) is 3.70. The van der Waals surface area contributed by atoms with Crippen LogP contribution >= 0.6 is 0 Å². The first-order chi connectivity index (χ1) is 12.1. The largest absolute Gasteiger partial charge is 0.508 e. The van der Waals surface area contributed by atoms with Crippen molar-refractivity contribution in [3.05, 3.63) is 23.8 Å². The van der Waals surface area contributed by atoms with Gasteiger partial charge >= 0.3 is 6.16 Å². The van der Waals surface area contributed by atoms with Gasteiger partial charge in [0.15, 0.2) is 5.78 Å². The Balaban J connectivity index is 1.72. The zero-order chi connectivity index (χ0) is 18.9. The van der Waals surface area contributed by atoms with E-state index in [1.165, 1.54) is 0 Å². The molecule has 3 fully saturated rings. The van der Waals surface area contributed by atoms with E-state index in [9.17, 15) is 19.8 Å². The Bertz CT molecular complexity index is 726. The van der Waals surface area contributed by atoms with Crippen LogP contribution in [0.15, 0.2) is 23.8 Å². The van der Waals surface area contributed by atoms with Gasteiger partial charge in [0.05, 0.1) is 6.10 Å². The van der Waals surface area contributed by atoms with Gasteiger partial charge in [0.25, 0.3) is 0 Å². The number of carboxylic acid groups (broad SMARTS) is 1. The van der Waals surface area contributed by atoms with Gasteiger partial charge in [0.1, 0.15) is 0 Å². The second-order valence-corrected chi connectivity index (χ2v) is 8.90. The molecular formula is C20H26O6. The molecule has 0 aromatic carbocycles. The van der Waals surface area contributed by atoms with Crippen molar-refractivity contribution in [3.8, 4) is 0 Å². The van der Waals surface area contributed by atoms with E-state index in [1.807, 2.05) is 13.0 Å². The number of aliphatic hydroxyl groups excluding tert-OH is 1. The molecule has 7 atom stereocenters. The highest BCUT2D eigenvalue weighted by atomic mass is 16.7. The van der Waals surface area contributed by atoms with Gasteiger partial charge in [0, 0.05) is 23.2 Å². The summed E-state index contributed by atoms with van der Waals surface area (Å²) < 4.78 is 4.94. The van der Waals surface area contributed by atoms with Crippen LogP contribution in [0, 0.1) is 28.6 Å². The van der Waals surface area contributed by atoms with E-state index in [4.69, 9.17) is 9.84 Å². The molecule has 142 valence electrons. The lowest BCUT2D eigenvalue weighted by atomic mass is 9.47. The SMILES string of the molecule is C[C@]12C=CC(=O)C=C1CC[C@@H]1[C@@H]2[C@@H](O)C[C@@]2(C)[C@H]1CC[C@]2(O)OC(=O)O. The summed E-state index contributed by atoms with van der Waals surface area (Å²) in [6, 6.07) is 0. The normalized spacial score (nSPS) is 49.7. The first kappa shape index (κ1) is 17.7. The minimum absolute atomic E-state index is 0.00355. The average molecular weight is 362 g/mol. The Morgan fingerprint density at radius 3 is 2.73 bits per heavy atom. The molecule has 0 aromatic rings. The highest BCUT2D eigenvalue weighted by Gasteiger charge is 2.68. The maximum atomic E-state index is 11.8. The van der Waals surface area contributed by atoms with Crippen molar-refractivity contribution in [2.75, 3.05) is 0 Å². The average Bonchev–Trinajstić information content (AvgIpc) is 2.78. The number of fused-ring (bicyclic) bond motifs is 5. The molecule has 0 amide bonds. The highest BCUT2D eigenvalue weighted by molar-refractivity contribution is 6.01. The van der Waals surface area contributed by atoms with Crippen LogP contribution in [-0.4, -0.2) is 39.1 Å². The smallest absolute Gasteiger partial charge is 0.450 e. The summed E-state index contributed by atoms with van der Waals surface area (Å²) in [5.74, 6) is -1.58. The minimum atomic E-state index is -1.76. The molecule has 26 heavy (non-hydrogen) atoms. The lowest BCUT2D eigenvalue weighted by Crippen LogP contribution is -2.60. The van der Waals surface area contributed by atoms with Crippen molar-refractivity contribution in [1.29, 1.82) is 0 Å². The summed E-state index contributed by atoms with van der Waals surface area (Å²) in [5, 5.41) is 31.1. The number of allylic oxidation sites excluding steroid dienone is 4. The number of ether oxygens (including phenoxy) is 1. The van der Waals surface area contributed by atoms with Gasteiger partial charge in [-0.05, 0) is 49.7 Å². The van der Waals surface area contributed by atoms with Gasteiger partial charge in [-0.3, -0.25) is 4.79 Å². The molecule has 6 heteroatoms. The van der Waals surface area contributed by atoms with Crippen LogP contribution in [0.25, 0.3) is 0 Å². The predicted octanol–water partition coefficient (Wildman–Crippen LogP) is 2.65. The molecule has 6 nitrogen and oxygen atoms in total. The molecule has 0 bridgehead atoms. The molecule has 4 rings (SSSR count). The number of hydrogen-bond acceptors (Lipinski definition) is 5. The molecule has 3 N–H and O–H groups in total. The van der Waals surface area contributed by atoms with Gasteiger partial charge in [-0.2, -0.15) is 0 Å². The topological polar surface area (TPSA) is 104 Å². The summed E-state index contributed by atoms with van der Waals surface area (Å²) in [5.41, 5.74) is -0.104. The number of rotatable bonds is 1. The molecule has 3 saturated carbocycles. The third-order valence-electron chi connectivity index (χ3n) is 7.83. The summed E-state index contributed by atoms with van der Waals surface area (Å²) in [4.78, 5) is 22.9. The maximum Gasteiger partial charge on any atom is 0.508 e. The first-order valence-corrected chi connectivity index (χ1v) is 9.37. The van der Waals surface area contributed by atoms with E-state index in [0.717, 1.165) is 18.4 Å².